The van der Waals surface area contributed by atoms with Gasteiger partial charge in [0.05, 0.1) is 18.6 Å². The summed E-state index contributed by atoms with van der Waals surface area (Å²) in [4.78, 5) is 21.8. The number of carboxylic acids is 1. The second-order valence-electron chi connectivity index (χ2n) is 3.33. The van der Waals surface area contributed by atoms with Crippen LogP contribution in [0.25, 0.3) is 0 Å². The van der Waals surface area contributed by atoms with E-state index in [4.69, 9.17) is 5.73 Å². The third-order valence-electron chi connectivity index (χ3n) is 2.09. The van der Waals surface area contributed by atoms with Crippen LogP contribution >= 0.6 is 0 Å². The van der Waals surface area contributed by atoms with Crippen LogP contribution < -0.4 is 16.2 Å². The summed E-state index contributed by atoms with van der Waals surface area (Å²) in [6, 6.07) is 7.95. The van der Waals surface area contributed by atoms with Gasteiger partial charge in [0.2, 0.25) is 5.91 Å². The monoisotopic (exact) mass is 221 g/mol. The van der Waals surface area contributed by atoms with Crippen LogP contribution in [0.3, 0.4) is 0 Å². The number of nitrogens with two attached hydrogens (primary N) is 1. The van der Waals surface area contributed by atoms with Crippen LogP contribution in [0.5, 0.6) is 0 Å². The summed E-state index contributed by atoms with van der Waals surface area (Å²) >= 11 is 0. The Bertz CT molecular complexity index is 365. The molecule has 0 aliphatic heterocycles. The zero-order valence-electron chi connectivity index (χ0n) is 8.68. The van der Waals surface area contributed by atoms with Crippen LogP contribution in [0.4, 0.5) is 0 Å². The lowest BCUT2D eigenvalue weighted by Gasteiger charge is -2.19. The molecule has 0 heterocycles. The Balaban J connectivity index is 2.65. The summed E-state index contributed by atoms with van der Waals surface area (Å²) in [7, 11) is 0. The maximum atomic E-state index is 11.0. The van der Waals surface area contributed by atoms with E-state index in [9.17, 15) is 14.7 Å². The van der Waals surface area contributed by atoms with Crippen molar-refractivity contribution in [2.24, 2.45) is 5.73 Å². The van der Waals surface area contributed by atoms with Gasteiger partial charge in [0, 0.05) is 0 Å². The minimum Gasteiger partial charge on any atom is -0.548 e. The molecule has 1 amide bonds. The molecule has 5 nitrogen and oxygen atoms in total. The molecule has 0 saturated heterocycles. The average molecular weight is 221 g/mol. The Hall–Kier alpha value is -1.88. The molecule has 86 valence electrons. The maximum Gasteiger partial charge on any atom is 0.234 e. The average Bonchev–Trinajstić information content (AvgIpc) is 2.29. The second kappa shape index (κ2) is 5.87. The standard InChI is InChI=1S/C11H14N2O3/c12-7-10(14)13-9(11(15)16)6-8-4-2-1-3-5-8/h1-5,9H,6-7,12H2,(H,13,14)(H,15,16)/p-1. The van der Waals surface area contributed by atoms with E-state index in [1.807, 2.05) is 6.07 Å². The Morgan fingerprint density at radius 1 is 1.31 bits per heavy atom. The first kappa shape index (κ1) is 12.2. The first-order chi connectivity index (χ1) is 7.63. The summed E-state index contributed by atoms with van der Waals surface area (Å²) < 4.78 is 0. The van der Waals surface area contributed by atoms with Crippen molar-refractivity contribution in [1.82, 2.24) is 5.32 Å². The second-order valence-corrected chi connectivity index (χ2v) is 3.33. The number of rotatable bonds is 5. The summed E-state index contributed by atoms with van der Waals surface area (Å²) in [6.07, 6.45) is 0.189. The van der Waals surface area contributed by atoms with Gasteiger partial charge in [-0.2, -0.15) is 0 Å². The predicted molar refractivity (Wildman–Crippen MR) is 56.1 cm³/mol. The first-order valence-corrected chi connectivity index (χ1v) is 4.87. The largest absolute Gasteiger partial charge is 0.548 e. The van der Waals surface area contributed by atoms with Gasteiger partial charge in [0.25, 0.3) is 0 Å². The molecule has 0 aliphatic carbocycles. The molecule has 0 radical (unpaired) electrons. The van der Waals surface area contributed by atoms with Crippen LogP contribution in [-0.4, -0.2) is 24.5 Å². The highest BCUT2D eigenvalue weighted by molar-refractivity contribution is 5.83. The lowest BCUT2D eigenvalue weighted by molar-refractivity contribution is -0.308. The minimum absolute atomic E-state index is 0.189. The molecular weight excluding hydrogens is 208 g/mol. The number of amides is 1. The van der Waals surface area contributed by atoms with Crippen LogP contribution in [0.1, 0.15) is 5.56 Å². The highest BCUT2D eigenvalue weighted by Crippen LogP contribution is 2.02. The summed E-state index contributed by atoms with van der Waals surface area (Å²) in [5.41, 5.74) is 5.90. The van der Waals surface area contributed by atoms with Crippen LogP contribution in [-0.2, 0) is 16.0 Å². The van der Waals surface area contributed by atoms with E-state index in [2.05, 4.69) is 5.32 Å². The molecule has 0 fully saturated rings. The highest BCUT2D eigenvalue weighted by atomic mass is 16.4. The maximum absolute atomic E-state index is 11.0. The van der Waals surface area contributed by atoms with Gasteiger partial charge in [-0.25, -0.2) is 0 Å². The van der Waals surface area contributed by atoms with Crippen molar-refractivity contribution in [2.75, 3.05) is 6.54 Å². The molecular formula is C11H13N2O3-. The number of nitrogens with one attached hydrogen (secondary N) is 1. The van der Waals surface area contributed by atoms with E-state index in [0.29, 0.717) is 0 Å². The van der Waals surface area contributed by atoms with E-state index < -0.39 is 17.9 Å². The predicted octanol–water partition coefficient (Wildman–Crippen LogP) is -1.58. The number of aliphatic carboxylic acids is 1. The molecule has 5 heteroatoms. The molecule has 1 aromatic carbocycles. The Morgan fingerprint density at radius 3 is 2.44 bits per heavy atom. The number of hydrogen-bond donors (Lipinski definition) is 2. The Labute approximate surface area is 93.3 Å². The quantitative estimate of drug-likeness (QED) is 0.627. The Kier molecular flexibility index (Phi) is 4.47. The van der Waals surface area contributed by atoms with Crippen LogP contribution in [0.2, 0.25) is 0 Å². The van der Waals surface area contributed by atoms with E-state index in [0.717, 1.165) is 5.56 Å². The fraction of sp³-hybridized carbons (Fsp3) is 0.273. The van der Waals surface area contributed by atoms with Crippen LogP contribution in [0, 0.1) is 0 Å². The van der Waals surface area contributed by atoms with Crippen molar-refractivity contribution in [3.8, 4) is 0 Å². The number of carbonyl (C=O) groups is 2. The summed E-state index contributed by atoms with van der Waals surface area (Å²) in [5.74, 6) is -1.82. The van der Waals surface area contributed by atoms with Crippen molar-refractivity contribution >= 4 is 11.9 Å². The fourth-order valence-electron chi connectivity index (χ4n) is 1.30. The van der Waals surface area contributed by atoms with Gasteiger partial charge in [-0.1, -0.05) is 30.3 Å². The molecule has 1 rings (SSSR count). The lowest BCUT2D eigenvalue weighted by atomic mass is 10.1. The number of carbonyl (C=O) groups excluding carboxylic acids is 2. The molecule has 1 aromatic rings. The highest BCUT2D eigenvalue weighted by Gasteiger charge is 2.12. The lowest BCUT2D eigenvalue weighted by Crippen LogP contribution is -2.50. The van der Waals surface area contributed by atoms with Crippen molar-refractivity contribution in [3.05, 3.63) is 35.9 Å². The number of carboxylic acid groups (broad SMARTS) is 1. The van der Waals surface area contributed by atoms with Gasteiger partial charge in [0.1, 0.15) is 0 Å². The van der Waals surface area contributed by atoms with Gasteiger partial charge in [-0.05, 0) is 12.0 Å². The molecule has 3 N–H and O–H groups in total. The zero-order valence-corrected chi connectivity index (χ0v) is 8.68. The topological polar surface area (TPSA) is 95.2 Å². The molecule has 0 aliphatic rings. The molecule has 0 bridgehead atoms. The molecule has 0 spiro atoms. The van der Waals surface area contributed by atoms with Crippen molar-refractivity contribution in [2.45, 2.75) is 12.5 Å². The Morgan fingerprint density at radius 2 is 1.94 bits per heavy atom. The summed E-state index contributed by atoms with van der Waals surface area (Å²) in [6.45, 7) is -0.238. The van der Waals surface area contributed by atoms with Gasteiger partial charge in [-0.3, -0.25) is 4.79 Å². The number of hydrogen-bond acceptors (Lipinski definition) is 4. The van der Waals surface area contributed by atoms with Crippen molar-refractivity contribution in [3.63, 3.8) is 0 Å². The van der Waals surface area contributed by atoms with Crippen LogP contribution in [0.15, 0.2) is 30.3 Å². The van der Waals surface area contributed by atoms with E-state index in [-0.39, 0.29) is 13.0 Å². The van der Waals surface area contributed by atoms with Gasteiger partial charge in [0.15, 0.2) is 0 Å². The first-order valence-electron chi connectivity index (χ1n) is 4.87. The fourth-order valence-corrected chi connectivity index (χ4v) is 1.30. The number of benzene rings is 1. The van der Waals surface area contributed by atoms with Crippen molar-refractivity contribution < 1.29 is 14.7 Å². The normalized spacial score (nSPS) is 11.8. The SMILES string of the molecule is NCC(=O)NC(Cc1ccccc1)C(=O)[O-]. The van der Waals surface area contributed by atoms with Gasteiger partial charge >= 0.3 is 0 Å². The summed E-state index contributed by atoms with van der Waals surface area (Å²) in [5, 5.41) is 13.1. The molecule has 16 heavy (non-hydrogen) atoms. The third-order valence-corrected chi connectivity index (χ3v) is 2.09. The third kappa shape index (κ3) is 3.70. The molecule has 0 saturated carbocycles. The molecule has 1 unspecified atom stereocenters. The van der Waals surface area contributed by atoms with E-state index in [1.165, 1.54) is 0 Å². The zero-order chi connectivity index (χ0) is 12.0. The van der Waals surface area contributed by atoms with Crippen molar-refractivity contribution in [1.29, 1.82) is 0 Å². The van der Waals surface area contributed by atoms with Gasteiger partial charge < -0.3 is 21.0 Å². The molecule has 0 aromatic heterocycles. The van der Waals surface area contributed by atoms with Gasteiger partial charge in [-0.15, -0.1) is 0 Å². The van der Waals surface area contributed by atoms with E-state index in [1.54, 1.807) is 24.3 Å². The van der Waals surface area contributed by atoms with E-state index >= 15 is 0 Å². The smallest absolute Gasteiger partial charge is 0.234 e. The molecule has 1 atom stereocenters. The minimum atomic E-state index is -1.31.